The van der Waals surface area contributed by atoms with Gasteiger partial charge in [0.1, 0.15) is 6.04 Å². The average molecular weight is 212 g/mol. The van der Waals surface area contributed by atoms with Crippen LogP contribution < -0.4 is 11.1 Å². The fourth-order valence-corrected chi connectivity index (χ4v) is 1.73. The summed E-state index contributed by atoms with van der Waals surface area (Å²) in [5.41, 5.74) is 5.31. The highest BCUT2D eigenvalue weighted by molar-refractivity contribution is 5.89. The first kappa shape index (κ1) is 12.0. The van der Waals surface area contributed by atoms with Gasteiger partial charge >= 0.3 is 0 Å². The van der Waals surface area contributed by atoms with Crippen molar-refractivity contribution in [2.75, 3.05) is 0 Å². The van der Waals surface area contributed by atoms with E-state index in [1.54, 1.807) is 0 Å². The highest BCUT2D eigenvalue weighted by Crippen LogP contribution is 2.51. The Bertz CT molecular complexity index is 284. The molecule has 4 heteroatoms. The molecule has 15 heavy (non-hydrogen) atoms. The van der Waals surface area contributed by atoms with Crippen LogP contribution in [0.5, 0.6) is 0 Å². The summed E-state index contributed by atoms with van der Waals surface area (Å²) in [4.78, 5) is 22.8. The van der Waals surface area contributed by atoms with Crippen molar-refractivity contribution in [1.82, 2.24) is 5.32 Å². The largest absolute Gasteiger partial charge is 0.368 e. The molecule has 1 rings (SSSR count). The zero-order chi connectivity index (χ0) is 11.8. The number of carbonyl (C=O) groups excluding carboxylic acids is 2. The zero-order valence-electron chi connectivity index (χ0n) is 9.83. The fraction of sp³-hybridized carbons (Fsp3) is 0.818. The van der Waals surface area contributed by atoms with E-state index < -0.39 is 11.9 Å². The molecule has 1 aliphatic rings. The third kappa shape index (κ3) is 2.70. The zero-order valence-corrected chi connectivity index (χ0v) is 9.83. The molecule has 1 saturated carbocycles. The Labute approximate surface area is 90.6 Å². The molecule has 0 saturated heterocycles. The van der Waals surface area contributed by atoms with Crippen molar-refractivity contribution in [2.45, 2.75) is 40.2 Å². The number of rotatable bonds is 4. The Morgan fingerprint density at radius 3 is 2.13 bits per heavy atom. The minimum absolute atomic E-state index is 0.0355. The van der Waals surface area contributed by atoms with E-state index >= 15 is 0 Å². The van der Waals surface area contributed by atoms with Crippen LogP contribution in [0.2, 0.25) is 0 Å². The number of nitrogens with two attached hydrogens (primary N) is 1. The molecule has 3 N–H and O–H groups in total. The van der Waals surface area contributed by atoms with Crippen molar-refractivity contribution in [1.29, 1.82) is 0 Å². The second-order valence-electron chi connectivity index (χ2n) is 5.38. The first-order valence-electron chi connectivity index (χ1n) is 5.35. The molecule has 0 radical (unpaired) electrons. The molecule has 1 fully saturated rings. The van der Waals surface area contributed by atoms with Crippen molar-refractivity contribution >= 4 is 11.8 Å². The van der Waals surface area contributed by atoms with Crippen LogP contribution in [-0.2, 0) is 9.59 Å². The molecular formula is C11H20N2O2. The highest BCUT2D eigenvalue weighted by atomic mass is 16.2. The summed E-state index contributed by atoms with van der Waals surface area (Å²) in [6, 6.07) is -0.547. The Morgan fingerprint density at radius 1 is 1.40 bits per heavy atom. The molecule has 4 nitrogen and oxygen atoms in total. The Morgan fingerprint density at radius 2 is 1.87 bits per heavy atom. The standard InChI is InChI=1S/C11H20N2O2/c1-6(2)8(9(12)14)13-10(15)7-5-11(7,3)4/h6-8H,5H2,1-4H3,(H2,12,14)(H,13,15)/t7-,8?/m1/s1. The SMILES string of the molecule is CC(C)C(NC(=O)[C@H]1CC1(C)C)C(N)=O. The molecule has 2 atom stereocenters. The quantitative estimate of drug-likeness (QED) is 0.718. The lowest BCUT2D eigenvalue weighted by molar-refractivity contribution is -0.129. The number of hydrogen-bond acceptors (Lipinski definition) is 2. The second-order valence-corrected chi connectivity index (χ2v) is 5.38. The summed E-state index contributed by atoms with van der Waals surface area (Å²) >= 11 is 0. The topological polar surface area (TPSA) is 72.2 Å². The maximum absolute atomic E-state index is 11.7. The predicted octanol–water partition coefficient (Wildman–Crippen LogP) is 0.659. The van der Waals surface area contributed by atoms with Crippen LogP contribution in [0.4, 0.5) is 0 Å². The van der Waals surface area contributed by atoms with Gasteiger partial charge in [0, 0.05) is 5.92 Å². The molecule has 1 aliphatic carbocycles. The lowest BCUT2D eigenvalue weighted by atomic mass is 10.0. The van der Waals surface area contributed by atoms with Gasteiger partial charge in [0.15, 0.2) is 0 Å². The van der Waals surface area contributed by atoms with Crippen LogP contribution in [0.25, 0.3) is 0 Å². The van der Waals surface area contributed by atoms with E-state index in [4.69, 9.17) is 5.73 Å². The van der Waals surface area contributed by atoms with E-state index in [9.17, 15) is 9.59 Å². The first-order chi connectivity index (χ1) is 6.75. The van der Waals surface area contributed by atoms with Crippen LogP contribution in [0.1, 0.15) is 34.1 Å². The smallest absolute Gasteiger partial charge is 0.240 e. The number of nitrogens with one attached hydrogen (secondary N) is 1. The van der Waals surface area contributed by atoms with Crippen molar-refractivity contribution < 1.29 is 9.59 Å². The van der Waals surface area contributed by atoms with E-state index in [2.05, 4.69) is 5.32 Å². The molecule has 86 valence electrons. The summed E-state index contributed by atoms with van der Waals surface area (Å²) in [5.74, 6) is -0.430. The maximum atomic E-state index is 11.7. The third-order valence-corrected chi connectivity index (χ3v) is 3.10. The molecule has 0 aromatic rings. The molecule has 0 aromatic heterocycles. The number of amides is 2. The maximum Gasteiger partial charge on any atom is 0.240 e. The average Bonchev–Trinajstić information content (AvgIpc) is 2.69. The monoisotopic (exact) mass is 212 g/mol. The Hall–Kier alpha value is -1.06. The molecule has 1 unspecified atom stereocenters. The highest BCUT2D eigenvalue weighted by Gasteiger charge is 2.51. The van der Waals surface area contributed by atoms with Crippen molar-refractivity contribution in [3.63, 3.8) is 0 Å². The van der Waals surface area contributed by atoms with Gasteiger partial charge < -0.3 is 11.1 Å². The lowest BCUT2D eigenvalue weighted by Gasteiger charge is -2.19. The van der Waals surface area contributed by atoms with E-state index in [1.807, 2.05) is 27.7 Å². The minimum Gasteiger partial charge on any atom is -0.368 e. The molecular weight excluding hydrogens is 192 g/mol. The van der Waals surface area contributed by atoms with Gasteiger partial charge in [0.2, 0.25) is 11.8 Å². The Balaban J connectivity index is 2.53. The van der Waals surface area contributed by atoms with Crippen LogP contribution in [-0.4, -0.2) is 17.9 Å². The van der Waals surface area contributed by atoms with Crippen molar-refractivity contribution in [3.8, 4) is 0 Å². The van der Waals surface area contributed by atoms with Gasteiger partial charge in [-0.1, -0.05) is 27.7 Å². The van der Waals surface area contributed by atoms with Gasteiger partial charge in [-0.3, -0.25) is 9.59 Å². The predicted molar refractivity (Wildman–Crippen MR) is 57.9 cm³/mol. The number of hydrogen-bond donors (Lipinski definition) is 2. The van der Waals surface area contributed by atoms with Gasteiger partial charge in [0.05, 0.1) is 0 Å². The Kier molecular flexibility index (Phi) is 3.07. The number of primary amides is 1. The summed E-state index contributed by atoms with van der Waals surface area (Å²) < 4.78 is 0. The van der Waals surface area contributed by atoms with Gasteiger partial charge in [-0.2, -0.15) is 0 Å². The number of carbonyl (C=O) groups is 2. The van der Waals surface area contributed by atoms with E-state index in [-0.39, 0.29) is 23.2 Å². The van der Waals surface area contributed by atoms with Gasteiger partial charge in [-0.05, 0) is 17.8 Å². The molecule has 0 aliphatic heterocycles. The van der Waals surface area contributed by atoms with Crippen LogP contribution in [0.3, 0.4) is 0 Å². The second kappa shape index (κ2) is 3.83. The molecule has 0 heterocycles. The van der Waals surface area contributed by atoms with Crippen molar-refractivity contribution in [3.05, 3.63) is 0 Å². The third-order valence-electron chi connectivity index (χ3n) is 3.10. The minimum atomic E-state index is -0.547. The normalized spacial score (nSPS) is 24.7. The van der Waals surface area contributed by atoms with Crippen LogP contribution >= 0.6 is 0 Å². The van der Waals surface area contributed by atoms with Gasteiger partial charge in [-0.15, -0.1) is 0 Å². The van der Waals surface area contributed by atoms with Crippen LogP contribution in [0.15, 0.2) is 0 Å². The first-order valence-corrected chi connectivity index (χ1v) is 5.35. The molecule has 0 bridgehead atoms. The molecule has 0 spiro atoms. The summed E-state index contributed by atoms with van der Waals surface area (Å²) in [5, 5.41) is 2.72. The van der Waals surface area contributed by atoms with E-state index in [0.29, 0.717) is 0 Å². The summed E-state index contributed by atoms with van der Waals surface area (Å²) in [6.07, 6.45) is 0.891. The molecule has 2 amide bonds. The van der Waals surface area contributed by atoms with Gasteiger partial charge in [0.25, 0.3) is 0 Å². The van der Waals surface area contributed by atoms with Gasteiger partial charge in [-0.25, -0.2) is 0 Å². The van der Waals surface area contributed by atoms with E-state index in [0.717, 1.165) is 6.42 Å². The van der Waals surface area contributed by atoms with Crippen LogP contribution in [0, 0.1) is 17.3 Å². The van der Waals surface area contributed by atoms with E-state index in [1.165, 1.54) is 0 Å². The van der Waals surface area contributed by atoms with Crippen molar-refractivity contribution in [2.24, 2.45) is 23.0 Å². The summed E-state index contributed by atoms with van der Waals surface area (Å²) in [6.45, 7) is 7.83. The molecule has 0 aromatic carbocycles. The lowest BCUT2D eigenvalue weighted by Crippen LogP contribution is -2.48. The fourth-order valence-electron chi connectivity index (χ4n) is 1.73. The summed E-state index contributed by atoms with van der Waals surface area (Å²) in [7, 11) is 0.